The van der Waals surface area contributed by atoms with Crippen LogP contribution in [0.5, 0.6) is 0 Å². The molecule has 0 aliphatic rings. The van der Waals surface area contributed by atoms with E-state index in [9.17, 15) is 0 Å². The second-order valence-corrected chi connectivity index (χ2v) is 3.77. The van der Waals surface area contributed by atoms with Crippen LogP contribution in [0.15, 0.2) is 12.7 Å². The molecule has 1 atom stereocenters. The van der Waals surface area contributed by atoms with Crippen LogP contribution in [0.2, 0.25) is 0 Å². The van der Waals surface area contributed by atoms with E-state index in [-0.39, 0.29) is 11.7 Å². The van der Waals surface area contributed by atoms with Crippen molar-refractivity contribution in [1.29, 1.82) is 0 Å². The van der Waals surface area contributed by atoms with Gasteiger partial charge in [-0.15, -0.1) is 6.58 Å². The topological polar surface area (TPSA) is 18.5 Å². The van der Waals surface area contributed by atoms with Crippen LogP contribution in [0.4, 0.5) is 0 Å². The summed E-state index contributed by atoms with van der Waals surface area (Å²) in [7, 11) is 0. The van der Waals surface area contributed by atoms with Crippen LogP contribution in [-0.4, -0.2) is 24.9 Å². The molecular weight excluding hydrogens is 152 g/mol. The van der Waals surface area contributed by atoms with E-state index >= 15 is 0 Å². The van der Waals surface area contributed by atoms with Gasteiger partial charge in [0.15, 0.2) is 0 Å². The number of hydrogen-bond donors (Lipinski definition) is 0. The maximum absolute atomic E-state index is 5.46. The van der Waals surface area contributed by atoms with E-state index in [2.05, 4.69) is 6.58 Å². The predicted octanol–water partition coefficient (Wildman–Crippen LogP) is 2.39. The van der Waals surface area contributed by atoms with E-state index in [1.165, 1.54) is 0 Å². The van der Waals surface area contributed by atoms with E-state index in [4.69, 9.17) is 9.47 Å². The lowest BCUT2D eigenvalue weighted by molar-refractivity contribution is -0.0416. The van der Waals surface area contributed by atoms with Crippen LogP contribution in [-0.2, 0) is 9.47 Å². The zero-order valence-electron chi connectivity index (χ0n) is 8.59. The Kier molecular flexibility index (Phi) is 5.18. The first-order valence-corrected chi connectivity index (χ1v) is 4.34. The third-order valence-electron chi connectivity index (χ3n) is 1.33. The summed E-state index contributed by atoms with van der Waals surface area (Å²) < 4.78 is 10.8. The van der Waals surface area contributed by atoms with Gasteiger partial charge in [-0.1, -0.05) is 6.08 Å². The van der Waals surface area contributed by atoms with Crippen LogP contribution in [0.1, 0.15) is 27.7 Å². The Labute approximate surface area is 75.6 Å². The fourth-order valence-electron chi connectivity index (χ4n) is 0.650. The summed E-state index contributed by atoms with van der Waals surface area (Å²) in [5.41, 5.74) is -0.0687. The van der Waals surface area contributed by atoms with Gasteiger partial charge in [0.2, 0.25) is 0 Å². The number of ether oxygens (including phenoxy) is 2. The standard InChI is InChI=1S/C10H20O2/c1-6-9(2)11-7-8-12-10(3,4)5/h6,9H,1,7-8H2,2-5H3. The Hall–Kier alpha value is -0.340. The van der Waals surface area contributed by atoms with Gasteiger partial charge in [-0.25, -0.2) is 0 Å². The van der Waals surface area contributed by atoms with Crippen molar-refractivity contribution in [3.8, 4) is 0 Å². The molecule has 0 aromatic rings. The average Bonchev–Trinajstić information content (AvgIpc) is 1.96. The third kappa shape index (κ3) is 7.76. The van der Waals surface area contributed by atoms with Crippen molar-refractivity contribution in [3.63, 3.8) is 0 Å². The zero-order chi connectivity index (χ0) is 9.61. The molecule has 0 heterocycles. The minimum Gasteiger partial charge on any atom is -0.373 e. The van der Waals surface area contributed by atoms with E-state index in [0.29, 0.717) is 13.2 Å². The van der Waals surface area contributed by atoms with Crippen LogP contribution >= 0.6 is 0 Å². The molecule has 0 rings (SSSR count). The summed E-state index contributed by atoms with van der Waals surface area (Å²) in [6.07, 6.45) is 1.89. The third-order valence-corrected chi connectivity index (χ3v) is 1.33. The largest absolute Gasteiger partial charge is 0.373 e. The lowest BCUT2D eigenvalue weighted by atomic mass is 10.2. The molecule has 72 valence electrons. The summed E-state index contributed by atoms with van der Waals surface area (Å²) in [6, 6.07) is 0. The monoisotopic (exact) mass is 172 g/mol. The highest BCUT2D eigenvalue weighted by molar-refractivity contribution is 4.74. The summed E-state index contributed by atoms with van der Waals surface area (Å²) >= 11 is 0. The molecular formula is C10H20O2. The van der Waals surface area contributed by atoms with Gasteiger partial charge in [0.05, 0.1) is 24.9 Å². The van der Waals surface area contributed by atoms with Gasteiger partial charge < -0.3 is 9.47 Å². The van der Waals surface area contributed by atoms with Crippen LogP contribution < -0.4 is 0 Å². The van der Waals surface area contributed by atoms with Crippen molar-refractivity contribution in [2.75, 3.05) is 13.2 Å². The van der Waals surface area contributed by atoms with E-state index in [1.807, 2.05) is 27.7 Å². The van der Waals surface area contributed by atoms with Crippen molar-refractivity contribution in [2.45, 2.75) is 39.4 Å². The van der Waals surface area contributed by atoms with E-state index < -0.39 is 0 Å². The highest BCUT2D eigenvalue weighted by Crippen LogP contribution is 2.05. The highest BCUT2D eigenvalue weighted by Gasteiger charge is 2.09. The first kappa shape index (κ1) is 11.7. The minimum absolute atomic E-state index is 0.0687. The van der Waals surface area contributed by atoms with Gasteiger partial charge in [-0.3, -0.25) is 0 Å². The van der Waals surface area contributed by atoms with Crippen LogP contribution in [0.25, 0.3) is 0 Å². The number of rotatable bonds is 5. The quantitative estimate of drug-likeness (QED) is 0.468. The molecule has 0 aromatic heterocycles. The normalized spacial score (nSPS) is 14.3. The smallest absolute Gasteiger partial charge is 0.0726 e. The maximum atomic E-state index is 5.46. The van der Waals surface area contributed by atoms with E-state index in [0.717, 1.165) is 0 Å². The van der Waals surface area contributed by atoms with Crippen molar-refractivity contribution in [3.05, 3.63) is 12.7 Å². The molecule has 12 heavy (non-hydrogen) atoms. The van der Waals surface area contributed by atoms with Crippen molar-refractivity contribution < 1.29 is 9.47 Å². The number of hydrogen-bond acceptors (Lipinski definition) is 2. The Morgan fingerprint density at radius 2 is 1.92 bits per heavy atom. The fourth-order valence-corrected chi connectivity index (χ4v) is 0.650. The van der Waals surface area contributed by atoms with Gasteiger partial charge in [-0.05, 0) is 27.7 Å². The summed E-state index contributed by atoms with van der Waals surface area (Å²) in [5.74, 6) is 0. The molecule has 0 N–H and O–H groups in total. The van der Waals surface area contributed by atoms with Crippen molar-refractivity contribution in [1.82, 2.24) is 0 Å². The summed E-state index contributed by atoms with van der Waals surface area (Å²) in [4.78, 5) is 0. The zero-order valence-corrected chi connectivity index (χ0v) is 8.59. The van der Waals surface area contributed by atoms with E-state index in [1.54, 1.807) is 6.08 Å². The molecule has 0 aliphatic carbocycles. The van der Waals surface area contributed by atoms with Gasteiger partial charge >= 0.3 is 0 Å². The molecule has 2 nitrogen and oxygen atoms in total. The average molecular weight is 172 g/mol. The molecule has 0 radical (unpaired) electrons. The molecule has 0 aliphatic heterocycles. The first-order valence-electron chi connectivity index (χ1n) is 4.34. The molecule has 0 saturated carbocycles. The molecule has 1 unspecified atom stereocenters. The van der Waals surface area contributed by atoms with Gasteiger partial charge in [0, 0.05) is 0 Å². The SMILES string of the molecule is C=CC(C)OCCOC(C)(C)C. The lowest BCUT2D eigenvalue weighted by Gasteiger charge is -2.19. The summed E-state index contributed by atoms with van der Waals surface area (Å²) in [5, 5.41) is 0. The molecule has 2 heteroatoms. The fraction of sp³-hybridized carbons (Fsp3) is 0.800. The van der Waals surface area contributed by atoms with Gasteiger partial charge in [-0.2, -0.15) is 0 Å². The molecule has 0 saturated heterocycles. The van der Waals surface area contributed by atoms with Gasteiger partial charge in [0.25, 0.3) is 0 Å². The second kappa shape index (κ2) is 5.33. The molecule has 0 bridgehead atoms. The first-order chi connectivity index (χ1) is 5.45. The molecule has 0 aromatic carbocycles. The van der Waals surface area contributed by atoms with Crippen LogP contribution in [0, 0.1) is 0 Å². The Morgan fingerprint density at radius 3 is 2.33 bits per heavy atom. The Bertz CT molecular complexity index is 124. The summed E-state index contributed by atoms with van der Waals surface area (Å²) in [6.45, 7) is 12.9. The minimum atomic E-state index is -0.0687. The molecule has 0 fully saturated rings. The van der Waals surface area contributed by atoms with Crippen LogP contribution in [0.3, 0.4) is 0 Å². The maximum Gasteiger partial charge on any atom is 0.0726 e. The molecule has 0 amide bonds. The Balaban J connectivity index is 3.27. The molecule has 0 spiro atoms. The lowest BCUT2D eigenvalue weighted by Crippen LogP contribution is -2.22. The highest BCUT2D eigenvalue weighted by atomic mass is 16.5. The van der Waals surface area contributed by atoms with Crippen molar-refractivity contribution >= 4 is 0 Å². The van der Waals surface area contributed by atoms with Crippen molar-refractivity contribution in [2.24, 2.45) is 0 Å². The second-order valence-electron chi connectivity index (χ2n) is 3.77. The Morgan fingerprint density at radius 1 is 1.33 bits per heavy atom. The van der Waals surface area contributed by atoms with Gasteiger partial charge in [0.1, 0.15) is 0 Å². The predicted molar refractivity (Wildman–Crippen MR) is 51.3 cm³/mol.